The van der Waals surface area contributed by atoms with Gasteiger partial charge in [0.05, 0.1) is 11.9 Å². The molecule has 7 nitrogen and oxygen atoms in total. The van der Waals surface area contributed by atoms with Gasteiger partial charge in [-0.3, -0.25) is 4.79 Å². The molecule has 0 aromatic carbocycles. The van der Waals surface area contributed by atoms with Crippen LogP contribution in [0.3, 0.4) is 0 Å². The maximum Gasteiger partial charge on any atom is 0.410 e. The van der Waals surface area contributed by atoms with Crippen molar-refractivity contribution >= 4 is 17.7 Å². The van der Waals surface area contributed by atoms with Gasteiger partial charge in [0.25, 0.3) is 5.91 Å². The average molecular weight is 306 g/mol. The highest BCUT2D eigenvalue weighted by atomic mass is 16.6. The molecule has 2 N–H and O–H groups in total. The molecular weight excluding hydrogens is 284 g/mol. The maximum atomic E-state index is 12.3. The van der Waals surface area contributed by atoms with Crippen molar-refractivity contribution in [1.82, 2.24) is 14.8 Å². The summed E-state index contributed by atoms with van der Waals surface area (Å²) in [6, 6.07) is 3.26. The zero-order valence-corrected chi connectivity index (χ0v) is 13.2. The number of pyridine rings is 1. The number of nitrogens with zero attached hydrogens (tertiary/aromatic N) is 3. The molecule has 0 bridgehead atoms. The molecule has 1 saturated heterocycles. The molecule has 2 rings (SSSR count). The Hall–Kier alpha value is -2.31. The van der Waals surface area contributed by atoms with E-state index in [-0.39, 0.29) is 12.0 Å². The number of ether oxygens (including phenoxy) is 1. The molecule has 2 heterocycles. The summed E-state index contributed by atoms with van der Waals surface area (Å²) >= 11 is 0. The monoisotopic (exact) mass is 306 g/mol. The number of piperazine rings is 1. The van der Waals surface area contributed by atoms with Gasteiger partial charge in [-0.15, -0.1) is 0 Å². The Morgan fingerprint density at radius 3 is 2.23 bits per heavy atom. The second-order valence-electron chi connectivity index (χ2n) is 6.24. The van der Waals surface area contributed by atoms with Gasteiger partial charge in [-0.25, -0.2) is 9.78 Å². The minimum atomic E-state index is -0.516. The first-order chi connectivity index (χ1) is 10.3. The van der Waals surface area contributed by atoms with E-state index in [9.17, 15) is 9.59 Å². The molecular formula is C15H22N4O3. The molecule has 0 spiro atoms. The molecule has 2 amide bonds. The van der Waals surface area contributed by atoms with E-state index in [0.717, 1.165) is 0 Å². The van der Waals surface area contributed by atoms with Crippen molar-refractivity contribution in [1.29, 1.82) is 0 Å². The summed E-state index contributed by atoms with van der Waals surface area (Å²) in [5.74, 6) is -0.149. The number of aromatic nitrogens is 1. The Kier molecular flexibility index (Phi) is 4.54. The predicted molar refractivity (Wildman–Crippen MR) is 82.4 cm³/mol. The number of nitrogen functional groups attached to an aromatic ring is 1. The summed E-state index contributed by atoms with van der Waals surface area (Å²) in [4.78, 5) is 31.6. The van der Waals surface area contributed by atoms with Crippen LogP contribution in [0.15, 0.2) is 18.3 Å². The molecule has 120 valence electrons. The minimum Gasteiger partial charge on any atom is -0.444 e. The number of nitrogens with two attached hydrogens (primary N) is 1. The number of carbonyl (C=O) groups excluding carboxylic acids is 2. The van der Waals surface area contributed by atoms with Gasteiger partial charge < -0.3 is 20.3 Å². The lowest BCUT2D eigenvalue weighted by Gasteiger charge is -2.35. The molecule has 1 fully saturated rings. The summed E-state index contributed by atoms with van der Waals surface area (Å²) in [5.41, 5.74) is 5.93. The van der Waals surface area contributed by atoms with Crippen LogP contribution < -0.4 is 5.73 Å². The number of amides is 2. The van der Waals surface area contributed by atoms with Crippen LogP contribution in [0.5, 0.6) is 0 Å². The largest absolute Gasteiger partial charge is 0.444 e. The molecule has 1 aromatic rings. The molecule has 0 saturated carbocycles. The van der Waals surface area contributed by atoms with Crippen molar-refractivity contribution < 1.29 is 14.3 Å². The van der Waals surface area contributed by atoms with Crippen LogP contribution in [-0.4, -0.2) is 58.6 Å². The molecule has 0 aliphatic carbocycles. The van der Waals surface area contributed by atoms with Gasteiger partial charge in [-0.05, 0) is 32.9 Å². The van der Waals surface area contributed by atoms with Crippen molar-refractivity contribution in [2.75, 3.05) is 31.9 Å². The van der Waals surface area contributed by atoms with E-state index < -0.39 is 5.60 Å². The van der Waals surface area contributed by atoms with Gasteiger partial charge in [0, 0.05) is 26.2 Å². The summed E-state index contributed by atoms with van der Waals surface area (Å²) in [5, 5.41) is 0. The SMILES string of the molecule is CC(C)(C)OC(=O)N1CCN(C(=O)c2ccc(N)cn2)CC1. The van der Waals surface area contributed by atoms with Crippen molar-refractivity contribution in [3.63, 3.8) is 0 Å². The lowest BCUT2D eigenvalue weighted by Crippen LogP contribution is -2.51. The summed E-state index contributed by atoms with van der Waals surface area (Å²) < 4.78 is 5.33. The Labute approximate surface area is 130 Å². The van der Waals surface area contributed by atoms with Gasteiger partial charge in [0.15, 0.2) is 0 Å². The first-order valence-electron chi connectivity index (χ1n) is 7.25. The summed E-state index contributed by atoms with van der Waals surface area (Å²) in [6.07, 6.45) is 1.12. The van der Waals surface area contributed by atoms with Crippen LogP contribution in [0.4, 0.5) is 10.5 Å². The number of carbonyl (C=O) groups is 2. The number of hydrogen-bond acceptors (Lipinski definition) is 5. The van der Waals surface area contributed by atoms with Crippen molar-refractivity contribution in [2.24, 2.45) is 0 Å². The van der Waals surface area contributed by atoms with Crippen molar-refractivity contribution in [2.45, 2.75) is 26.4 Å². The predicted octanol–water partition coefficient (Wildman–Crippen LogP) is 1.36. The molecule has 1 aliphatic rings. The van der Waals surface area contributed by atoms with Gasteiger partial charge in [0.2, 0.25) is 0 Å². The van der Waals surface area contributed by atoms with Crippen LogP contribution in [0.2, 0.25) is 0 Å². The second-order valence-corrected chi connectivity index (χ2v) is 6.24. The Morgan fingerprint density at radius 2 is 1.73 bits per heavy atom. The third-order valence-corrected chi connectivity index (χ3v) is 3.22. The zero-order chi connectivity index (χ0) is 16.3. The Balaban J connectivity index is 1.90. The van der Waals surface area contributed by atoms with Gasteiger partial charge in [-0.2, -0.15) is 0 Å². The van der Waals surface area contributed by atoms with Gasteiger partial charge in [-0.1, -0.05) is 0 Å². The molecule has 1 aliphatic heterocycles. The highest BCUT2D eigenvalue weighted by Gasteiger charge is 2.28. The van der Waals surface area contributed by atoms with Crippen LogP contribution in [-0.2, 0) is 4.74 Å². The molecule has 0 atom stereocenters. The van der Waals surface area contributed by atoms with E-state index in [1.807, 2.05) is 20.8 Å². The van der Waals surface area contributed by atoms with Crippen molar-refractivity contribution in [3.8, 4) is 0 Å². The summed E-state index contributed by atoms with van der Waals surface area (Å²) in [6.45, 7) is 7.33. The Bertz CT molecular complexity index is 543. The standard InChI is InChI=1S/C15H22N4O3/c1-15(2,3)22-14(21)19-8-6-18(7-9-19)13(20)12-5-4-11(16)10-17-12/h4-5,10H,6-9,16H2,1-3H3. The molecule has 1 aromatic heterocycles. The topological polar surface area (TPSA) is 88.8 Å². The zero-order valence-electron chi connectivity index (χ0n) is 13.2. The third kappa shape index (κ3) is 4.09. The fourth-order valence-electron chi connectivity index (χ4n) is 2.11. The fourth-order valence-corrected chi connectivity index (χ4v) is 2.11. The average Bonchev–Trinajstić information content (AvgIpc) is 2.46. The Morgan fingerprint density at radius 1 is 1.14 bits per heavy atom. The smallest absolute Gasteiger partial charge is 0.410 e. The highest BCUT2D eigenvalue weighted by molar-refractivity contribution is 5.92. The molecule has 0 unspecified atom stereocenters. The highest BCUT2D eigenvalue weighted by Crippen LogP contribution is 2.13. The normalized spacial score (nSPS) is 15.6. The fraction of sp³-hybridized carbons (Fsp3) is 0.533. The summed E-state index contributed by atoms with van der Waals surface area (Å²) in [7, 11) is 0. The molecule has 22 heavy (non-hydrogen) atoms. The molecule has 7 heteroatoms. The first-order valence-corrected chi connectivity index (χ1v) is 7.25. The molecule has 0 radical (unpaired) electrons. The van der Waals surface area contributed by atoms with Crippen LogP contribution in [0, 0.1) is 0 Å². The lowest BCUT2D eigenvalue weighted by molar-refractivity contribution is 0.0140. The number of hydrogen-bond donors (Lipinski definition) is 1. The van der Waals surface area contributed by atoms with E-state index in [1.54, 1.807) is 21.9 Å². The second kappa shape index (κ2) is 6.21. The van der Waals surface area contributed by atoms with E-state index in [0.29, 0.717) is 37.6 Å². The van der Waals surface area contributed by atoms with Crippen LogP contribution >= 0.6 is 0 Å². The van der Waals surface area contributed by atoms with Crippen LogP contribution in [0.25, 0.3) is 0 Å². The van der Waals surface area contributed by atoms with E-state index in [2.05, 4.69) is 4.98 Å². The van der Waals surface area contributed by atoms with Gasteiger partial charge in [0.1, 0.15) is 11.3 Å². The number of anilines is 1. The van der Waals surface area contributed by atoms with Crippen molar-refractivity contribution in [3.05, 3.63) is 24.0 Å². The first kappa shape index (κ1) is 16.1. The lowest BCUT2D eigenvalue weighted by atomic mass is 10.2. The van der Waals surface area contributed by atoms with E-state index >= 15 is 0 Å². The third-order valence-electron chi connectivity index (χ3n) is 3.22. The van der Waals surface area contributed by atoms with Crippen LogP contribution in [0.1, 0.15) is 31.3 Å². The van der Waals surface area contributed by atoms with E-state index in [1.165, 1.54) is 6.20 Å². The number of rotatable bonds is 1. The quantitative estimate of drug-likeness (QED) is 0.846. The van der Waals surface area contributed by atoms with E-state index in [4.69, 9.17) is 10.5 Å². The minimum absolute atomic E-state index is 0.149. The maximum absolute atomic E-state index is 12.3. The van der Waals surface area contributed by atoms with Gasteiger partial charge >= 0.3 is 6.09 Å².